The van der Waals surface area contributed by atoms with E-state index in [9.17, 15) is 14.4 Å². The van der Waals surface area contributed by atoms with Crippen molar-refractivity contribution in [1.82, 2.24) is 0 Å². The first-order chi connectivity index (χ1) is 17.8. The van der Waals surface area contributed by atoms with Gasteiger partial charge >= 0.3 is 17.9 Å². The van der Waals surface area contributed by atoms with Gasteiger partial charge in [-0.1, -0.05) is 49.2 Å². The molecule has 2 rings (SSSR count). The summed E-state index contributed by atoms with van der Waals surface area (Å²) in [4.78, 5) is 33.6. The van der Waals surface area contributed by atoms with E-state index in [1.807, 2.05) is 26.0 Å². The summed E-state index contributed by atoms with van der Waals surface area (Å²) in [6, 6.07) is 10.9. The van der Waals surface area contributed by atoms with Crippen molar-refractivity contribution in [1.29, 1.82) is 0 Å². The van der Waals surface area contributed by atoms with Crippen molar-refractivity contribution in [2.45, 2.75) is 52.2 Å². The Hall–Kier alpha value is -2.68. The Morgan fingerprint density at radius 2 is 1.29 bits per heavy atom. The molecule has 38 heavy (non-hydrogen) atoms. The topological polar surface area (TPSA) is 97.4 Å². The maximum absolute atomic E-state index is 11.3. The molecule has 2 aromatic rings. The molecule has 0 fully saturated rings. The lowest BCUT2D eigenvalue weighted by Crippen LogP contribution is -2.29. The zero-order valence-electron chi connectivity index (χ0n) is 21.8. The van der Waals surface area contributed by atoms with Gasteiger partial charge in [0.05, 0.1) is 15.9 Å². The Morgan fingerprint density at radius 1 is 0.763 bits per heavy atom. The second-order valence-electron chi connectivity index (χ2n) is 8.96. The van der Waals surface area contributed by atoms with Crippen molar-refractivity contribution in [3.8, 4) is 11.5 Å². The van der Waals surface area contributed by atoms with Crippen LogP contribution < -0.4 is 9.47 Å². The predicted octanol–water partition coefficient (Wildman–Crippen LogP) is 5.74. The maximum atomic E-state index is 11.3. The molecule has 0 saturated heterocycles. The summed E-state index contributed by atoms with van der Waals surface area (Å²) < 4.78 is 26.6. The molecule has 0 unspecified atom stereocenters. The van der Waals surface area contributed by atoms with Gasteiger partial charge in [0.25, 0.3) is 0 Å². The van der Waals surface area contributed by atoms with Crippen LogP contribution in [0.1, 0.15) is 45.7 Å². The van der Waals surface area contributed by atoms with Crippen molar-refractivity contribution in [2.24, 2.45) is 0 Å². The average molecular weight is 590 g/mol. The molecule has 0 saturated carbocycles. The molecule has 0 heterocycles. The molecular weight excluding hydrogens is 559 g/mol. The van der Waals surface area contributed by atoms with Crippen LogP contribution in [0.4, 0.5) is 0 Å². The third-order valence-electron chi connectivity index (χ3n) is 5.46. The number of carbonyl (C=O) groups excluding carboxylic acids is 3. The third-order valence-corrected chi connectivity index (χ3v) is 6.36. The smallest absolute Gasteiger partial charge is 0.303 e. The maximum Gasteiger partial charge on any atom is 0.303 e. The fraction of sp³-hybridized carbons (Fsp3) is 0.444. The summed E-state index contributed by atoms with van der Waals surface area (Å²) in [6.45, 7) is 7.80. The van der Waals surface area contributed by atoms with Crippen LogP contribution in [0.3, 0.4) is 0 Å². The van der Waals surface area contributed by atoms with Crippen molar-refractivity contribution in [3.63, 3.8) is 0 Å². The molecule has 0 radical (unpaired) electrons. The third kappa shape index (κ3) is 9.57. The highest BCUT2D eigenvalue weighted by atomic mass is 35.5. The fourth-order valence-corrected chi connectivity index (χ4v) is 4.21. The number of halogens is 3. The number of ether oxygens (including phenoxy) is 5. The zero-order chi connectivity index (χ0) is 28.5. The van der Waals surface area contributed by atoms with Gasteiger partial charge < -0.3 is 23.7 Å². The van der Waals surface area contributed by atoms with Crippen molar-refractivity contribution < 1.29 is 38.1 Å². The van der Waals surface area contributed by atoms with E-state index in [1.165, 1.54) is 20.8 Å². The average Bonchev–Trinajstić information content (AvgIpc) is 2.83. The molecule has 0 aromatic heterocycles. The van der Waals surface area contributed by atoms with Gasteiger partial charge in [-0.15, -0.1) is 11.6 Å². The summed E-state index contributed by atoms with van der Waals surface area (Å²) >= 11 is 18.8. The second kappa shape index (κ2) is 14.5. The molecule has 2 aromatic carbocycles. The molecular formula is C27H31Cl3O8. The molecule has 0 N–H and O–H groups in total. The summed E-state index contributed by atoms with van der Waals surface area (Å²) in [6.07, 6.45) is -1.37. The van der Waals surface area contributed by atoms with Crippen LogP contribution in [0.2, 0.25) is 10.0 Å². The van der Waals surface area contributed by atoms with Gasteiger partial charge in [0.15, 0.2) is 11.9 Å². The van der Waals surface area contributed by atoms with E-state index < -0.39 is 35.5 Å². The van der Waals surface area contributed by atoms with E-state index in [0.717, 1.165) is 11.1 Å². The first-order valence-electron chi connectivity index (χ1n) is 11.7. The van der Waals surface area contributed by atoms with Crippen molar-refractivity contribution in [2.75, 3.05) is 25.7 Å². The molecule has 208 valence electrons. The number of esters is 3. The molecule has 11 heteroatoms. The molecule has 0 spiro atoms. The lowest BCUT2D eigenvalue weighted by molar-refractivity contribution is -0.158. The van der Waals surface area contributed by atoms with Gasteiger partial charge in [-0.25, -0.2) is 0 Å². The van der Waals surface area contributed by atoms with Crippen LogP contribution in [0.15, 0.2) is 36.4 Å². The highest BCUT2D eigenvalue weighted by molar-refractivity contribution is 6.37. The minimum absolute atomic E-state index is 0.00587. The minimum Gasteiger partial charge on any atom is -0.490 e. The number of rotatable bonds is 13. The van der Waals surface area contributed by atoms with E-state index in [4.69, 9.17) is 58.5 Å². The molecule has 2 atom stereocenters. The van der Waals surface area contributed by atoms with E-state index in [1.54, 1.807) is 24.3 Å². The number of hydrogen-bond acceptors (Lipinski definition) is 8. The number of carbonyl (C=O) groups is 3. The second-order valence-corrected chi connectivity index (χ2v) is 10.1. The normalized spacial score (nSPS) is 12.7. The lowest BCUT2D eigenvalue weighted by Gasteiger charge is -2.27. The highest BCUT2D eigenvalue weighted by Crippen LogP contribution is 2.40. The van der Waals surface area contributed by atoms with Crippen LogP contribution >= 0.6 is 34.8 Å². The molecule has 0 aliphatic carbocycles. The Balaban J connectivity index is 2.12. The molecule has 0 amide bonds. The SMILES string of the molecule is CC(=O)OC[C@H](COc1ccc(C(C)(C)c2cc(Cl)c(OC[C@@H](CCl)OC(C)=O)c(Cl)c2)cc1)OC(C)=O. The predicted molar refractivity (Wildman–Crippen MR) is 144 cm³/mol. The van der Waals surface area contributed by atoms with Gasteiger partial charge in [0.2, 0.25) is 0 Å². The number of benzene rings is 2. The Bertz CT molecular complexity index is 1090. The van der Waals surface area contributed by atoms with E-state index in [0.29, 0.717) is 15.8 Å². The summed E-state index contributed by atoms with van der Waals surface area (Å²) in [5.74, 6) is -0.553. The zero-order valence-corrected chi connectivity index (χ0v) is 24.1. The Labute approximate surface area is 237 Å². The largest absolute Gasteiger partial charge is 0.490 e. The molecule has 0 aliphatic rings. The number of alkyl halides is 1. The van der Waals surface area contributed by atoms with E-state index in [-0.39, 0.29) is 31.5 Å². The van der Waals surface area contributed by atoms with E-state index in [2.05, 4.69) is 0 Å². The summed E-state index contributed by atoms with van der Waals surface area (Å²) in [7, 11) is 0. The molecule has 0 bridgehead atoms. The van der Waals surface area contributed by atoms with Gasteiger partial charge in [0, 0.05) is 26.2 Å². The van der Waals surface area contributed by atoms with Crippen molar-refractivity contribution in [3.05, 3.63) is 57.6 Å². The standard InChI is InChI=1S/C27H31Cl3O8/c1-16(31)34-14-23(38-18(3)33)15-35-21-8-6-19(7-9-21)27(4,5)20-10-24(29)26(25(30)11-20)36-13-22(12-28)37-17(2)32/h6-11,22-23H,12-15H2,1-5H3/t22-,23-/m1/s1. The first kappa shape index (κ1) is 31.5. The summed E-state index contributed by atoms with van der Waals surface area (Å²) in [5.41, 5.74) is 1.31. The summed E-state index contributed by atoms with van der Waals surface area (Å²) in [5, 5.41) is 0.613. The van der Waals surface area contributed by atoms with Crippen LogP contribution in [0.25, 0.3) is 0 Å². The van der Waals surface area contributed by atoms with Crippen LogP contribution in [-0.2, 0) is 34.0 Å². The first-order valence-corrected chi connectivity index (χ1v) is 13.0. The highest BCUT2D eigenvalue weighted by Gasteiger charge is 2.26. The molecule has 8 nitrogen and oxygen atoms in total. The fourth-order valence-electron chi connectivity index (χ4n) is 3.46. The molecule has 0 aliphatic heterocycles. The van der Waals surface area contributed by atoms with Crippen LogP contribution in [-0.4, -0.2) is 55.8 Å². The van der Waals surface area contributed by atoms with Gasteiger partial charge in [0.1, 0.15) is 31.7 Å². The van der Waals surface area contributed by atoms with Crippen molar-refractivity contribution >= 4 is 52.7 Å². The van der Waals surface area contributed by atoms with Gasteiger partial charge in [-0.2, -0.15) is 0 Å². The number of hydrogen-bond donors (Lipinski definition) is 0. The van der Waals surface area contributed by atoms with Gasteiger partial charge in [-0.05, 0) is 35.4 Å². The van der Waals surface area contributed by atoms with Crippen LogP contribution in [0, 0.1) is 0 Å². The minimum atomic E-state index is -0.730. The lowest BCUT2D eigenvalue weighted by atomic mass is 9.78. The Kier molecular flexibility index (Phi) is 12.0. The Morgan fingerprint density at radius 3 is 1.79 bits per heavy atom. The van der Waals surface area contributed by atoms with Crippen LogP contribution in [0.5, 0.6) is 11.5 Å². The van der Waals surface area contributed by atoms with Gasteiger partial charge in [-0.3, -0.25) is 14.4 Å². The monoisotopic (exact) mass is 588 g/mol. The van der Waals surface area contributed by atoms with E-state index >= 15 is 0 Å². The quantitative estimate of drug-likeness (QED) is 0.166.